The number of benzene rings is 1. The van der Waals surface area contributed by atoms with Crippen LogP contribution in [0.3, 0.4) is 0 Å². The van der Waals surface area contributed by atoms with Crippen molar-refractivity contribution in [1.82, 2.24) is 0 Å². The van der Waals surface area contributed by atoms with E-state index < -0.39 is 0 Å². The van der Waals surface area contributed by atoms with E-state index in [0.717, 1.165) is 5.69 Å². The van der Waals surface area contributed by atoms with Gasteiger partial charge in [-0.05, 0) is 39.0 Å². The molecule has 0 radical (unpaired) electrons. The van der Waals surface area contributed by atoms with Crippen molar-refractivity contribution in [2.24, 2.45) is 0 Å². The Bertz CT molecular complexity index is 424. The fourth-order valence-electron chi connectivity index (χ4n) is 1.47. The third kappa shape index (κ3) is 4.26. The Morgan fingerprint density at radius 3 is 2.71 bits per heavy atom. The fourth-order valence-corrected chi connectivity index (χ4v) is 1.70. The van der Waals surface area contributed by atoms with Crippen LogP contribution in [0.1, 0.15) is 26.3 Å². The van der Waals surface area contributed by atoms with Crippen molar-refractivity contribution in [1.29, 1.82) is 5.26 Å². The summed E-state index contributed by atoms with van der Waals surface area (Å²) in [4.78, 5) is 0. The Morgan fingerprint density at radius 1 is 1.47 bits per heavy atom. The van der Waals surface area contributed by atoms with Crippen LogP contribution in [-0.4, -0.2) is 18.8 Å². The molecule has 3 nitrogen and oxygen atoms in total. The van der Waals surface area contributed by atoms with Crippen molar-refractivity contribution in [2.45, 2.75) is 26.4 Å². The predicted octanol–water partition coefficient (Wildman–Crippen LogP) is 3.44. The molecule has 17 heavy (non-hydrogen) atoms. The lowest BCUT2D eigenvalue weighted by Crippen LogP contribution is -2.33. The molecule has 1 rings (SSSR count). The van der Waals surface area contributed by atoms with Crippen molar-refractivity contribution in [3.63, 3.8) is 0 Å². The number of ether oxygens (including phenoxy) is 1. The summed E-state index contributed by atoms with van der Waals surface area (Å²) in [7, 11) is 0. The summed E-state index contributed by atoms with van der Waals surface area (Å²) in [6.45, 7) is 7.38. The van der Waals surface area contributed by atoms with Crippen LogP contribution in [0.15, 0.2) is 18.2 Å². The minimum atomic E-state index is -0.227. The van der Waals surface area contributed by atoms with Crippen LogP contribution < -0.4 is 5.32 Å². The van der Waals surface area contributed by atoms with Gasteiger partial charge in [-0.25, -0.2) is 0 Å². The number of rotatable bonds is 5. The number of nitriles is 1. The molecular formula is C13H17ClN2O. The zero-order valence-corrected chi connectivity index (χ0v) is 11.1. The molecule has 92 valence electrons. The van der Waals surface area contributed by atoms with E-state index in [0.29, 0.717) is 23.7 Å². The molecule has 0 unspecified atom stereocenters. The highest BCUT2D eigenvalue weighted by atomic mass is 35.5. The van der Waals surface area contributed by atoms with E-state index in [9.17, 15) is 0 Å². The average Bonchev–Trinajstić information content (AvgIpc) is 2.27. The number of halogens is 1. The zero-order chi connectivity index (χ0) is 12.9. The van der Waals surface area contributed by atoms with Gasteiger partial charge >= 0.3 is 0 Å². The predicted molar refractivity (Wildman–Crippen MR) is 70.4 cm³/mol. The summed E-state index contributed by atoms with van der Waals surface area (Å²) < 4.78 is 5.58. The monoisotopic (exact) mass is 252 g/mol. The Hall–Kier alpha value is -1.24. The Balaban J connectivity index is 2.65. The van der Waals surface area contributed by atoms with E-state index in [1.165, 1.54) is 0 Å². The van der Waals surface area contributed by atoms with Crippen LogP contribution in [0.25, 0.3) is 0 Å². The highest BCUT2D eigenvalue weighted by molar-refractivity contribution is 6.32. The van der Waals surface area contributed by atoms with E-state index in [-0.39, 0.29) is 5.60 Å². The summed E-state index contributed by atoms with van der Waals surface area (Å²) >= 11 is 5.95. The van der Waals surface area contributed by atoms with Crippen molar-refractivity contribution in [3.8, 4) is 6.07 Å². The van der Waals surface area contributed by atoms with E-state index in [1.807, 2.05) is 32.9 Å². The number of hydrogen-bond donors (Lipinski definition) is 1. The molecule has 0 aromatic heterocycles. The summed E-state index contributed by atoms with van der Waals surface area (Å²) in [6.07, 6.45) is 0. The van der Waals surface area contributed by atoms with Gasteiger partial charge in [0.05, 0.1) is 16.2 Å². The molecule has 0 saturated carbocycles. The van der Waals surface area contributed by atoms with Gasteiger partial charge < -0.3 is 10.1 Å². The molecule has 0 aliphatic rings. The number of nitrogens with one attached hydrogen (secondary N) is 1. The van der Waals surface area contributed by atoms with Crippen LogP contribution in [0, 0.1) is 11.3 Å². The number of nitrogens with zero attached hydrogens (tertiary/aromatic N) is 1. The zero-order valence-electron chi connectivity index (χ0n) is 10.4. The van der Waals surface area contributed by atoms with E-state index in [4.69, 9.17) is 21.6 Å². The molecule has 4 heteroatoms. The molecule has 0 aliphatic carbocycles. The van der Waals surface area contributed by atoms with Crippen LogP contribution in [0.5, 0.6) is 0 Å². The lowest BCUT2D eigenvalue weighted by molar-refractivity contribution is 0.000699. The molecule has 0 heterocycles. The smallest absolute Gasteiger partial charge is 0.101 e. The summed E-state index contributed by atoms with van der Waals surface area (Å²) in [5.74, 6) is 0. The maximum Gasteiger partial charge on any atom is 0.101 e. The molecular weight excluding hydrogens is 236 g/mol. The van der Waals surface area contributed by atoms with Gasteiger partial charge in [-0.15, -0.1) is 0 Å². The SMILES string of the molecule is CCOC(C)(C)CNc1ccc(C#N)c(Cl)c1. The molecule has 0 bridgehead atoms. The minimum Gasteiger partial charge on any atom is -0.382 e. The quantitative estimate of drug-likeness (QED) is 0.873. The minimum absolute atomic E-state index is 0.227. The largest absolute Gasteiger partial charge is 0.382 e. The van der Waals surface area contributed by atoms with E-state index in [2.05, 4.69) is 5.32 Å². The van der Waals surface area contributed by atoms with Crippen molar-refractivity contribution >= 4 is 17.3 Å². The molecule has 1 N–H and O–H groups in total. The fraction of sp³-hybridized carbons (Fsp3) is 0.462. The van der Waals surface area contributed by atoms with E-state index >= 15 is 0 Å². The topological polar surface area (TPSA) is 45.0 Å². The standard InChI is InChI=1S/C13H17ClN2O/c1-4-17-13(2,3)9-16-11-6-5-10(8-15)12(14)7-11/h5-7,16H,4,9H2,1-3H3. The lowest BCUT2D eigenvalue weighted by atomic mass is 10.1. The summed E-state index contributed by atoms with van der Waals surface area (Å²) in [5.41, 5.74) is 1.15. The maximum absolute atomic E-state index is 8.76. The molecule has 0 spiro atoms. The molecule has 0 saturated heterocycles. The van der Waals surface area contributed by atoms with Crippen LogP contribution in [0.2, 0.25) is 5.02 Å². The van der Waals surface area contributed by atoms with Crippen molar-refractivity contribution in [3.05, 3.63) is 28.8 Å². The molecule has 0 amide bonds. The second-order valence-corrected chi connectivity index (χ2v) is 4.76. The molecule has 0 atom stereocenters. The summed E-state index contributed by atoms with van der Waals surface area (Å²) in [6, 6.07) is 7.33. The molecule has 0 aliphatic heterocycles. The number of anilines is 1. The molecule has 1 aromatic rings. The molecule has 0 fully saturated rings. The van der Waals surface area contributed by atoms with Gasteiger partial charge in [0.1, 0.15) is 6.07 Å². The van der Waals surface area contributed by atoms with Gasteiger partial charge in [-0.1, -0.05) is 11.6 Å². The Labute approximate surface area is 107 Å². The molecule has 1 aromatic carbocycles. The average molecular weight is 253 g/mol. The second-order valence-electron chi connectivity index (χ2n) is 4.35. The Morgan fingerprint density at radius 2 is 2.18 bits per heavy atom. The van der Waals surface area contributed by atoms with Crippen LogP contribution >= 0.6 is 11.6 Å². The highest BCUT2D eigenvalue weighted by Gasteiger charge is 2.17. The first-order valence-electron chi connectivity index (χ1n) is 5.56. The summed E-state index contributed by atoms with van der Waals surface area (Å²) in [5, 5.41) is 12.5. The van der Waals surface area contributed by atoms with Gasteiger partial charge in [0.15, 0.2) is 0 Å². The van der Waals surface area contributed by atoms with Gasteiger partial charge in [0.25, 0.3) is 0 Å². The Kier molecular flexibility index (Phi) is 4.80. The first-order chi connectivity index (χ1) is 7.98. The van der Waals surface area contributed by atoms with Gasteiger partial charge in [-0.2, -0.15) is 5.26 Å². The van der Waals surface area contributed by atoms with E-state index in [1.54, 1.807) is 12.1 Å². The lowest BCUT2D eigenvalue weighted by Gasteiger charge is -2.25. The first kappa shape index (κ1) is 13.8. The second kappa shape index (κ2) is 5.90. The van der Waals surface area contributed by atoms with Gasteiger partial charge in [0, 0.05) is 18.8 Å². The van der Waals surface area contributed by atoms with Gasteiger partial charge in [0.2, 0.25) is 0 Å². The van der Waals surface area contributed by atoms with Crippen molar-refractivity contribution in [2.75, 3.05) is 18.5 Å². The van der Waals surface area contributed by atoms with Gasteiger partial charge in [-0.3, -0.25) is 0 Å². The highest BCUT2D eigenvalue weighted by Crippen LogP contribution is 2.21. The third-order valence-electron chi connectivity index (χ3n) is 2.34. The van der Waals surface area contributed by atoms with Crippen LogP contribution in [-0.2, 0) is 4.74 Å². The van der Waals surface area contributed by atoms with Crippen molar-refractivity contribution < 1.29 is 4.74 Å². The maximum atomic E-state index is 8.76. The normalized spacial score (nSPS) is 11.0. The number of hydrogen-bond acceptors (Lipinski definition) is 3. The van der Waals surface area contributed by atoms with Crippen LogP contribution in [0.4, 0.5) is 5.69 Å². The first-order valence-corrected chi connectivity index (χ1v) is 5.94. The third-order valence-corrected chi connectivity index (χ3v) is 2.66.